The topological polar surface area (TPSA) is 35.5 Å². The second-order valence-electron chi connectivity index (χ2n) is 4.76. The van der Waals surface area contributed by atoms with E-state index in [1.54, 1.807) is 0 Å². The van der Waals surface area contributed by atoms with Crippen LogP contribution in [0.15, 0.2) is 24.3 Å². The van der Waals surface area contributed by atoms with Gasteiger partial charge in [-0.1, -0.05) is 18.2 Å². The molecule has 1 heterocycles. The van der Waals surface area contributed by atoms with Gasteiger partial charge >= 0.3 is 5.97 Å². The van der Waals surface area contributed by atoms with Gasteiger partial charge in [0.25, 0.3) is 0 Å². The number of rotatable bonds is 2. The van der Waals surface area contributed by atoms with E-state index < -0.39 is 0 Å². The Bertz CT molecular complexity index is 455. The van der Waals surface area contributed by atoms with Crippen LogP contribution in [0.1, 0.15) is 25.3 Å². The zero-order chi connectivity index (χ0) is 11.9. The maximum absolute atomic E-state index is 11.8. The van der Waals surface area contributed by atoms with Crippen molar-refractivity contribution in [2.45, 2.75) is 25.2 Å². The van der Waals surface area contributed by atoms with Crippen LogP contribution in [0.3, 0.4) is 0 Å². The third-order valence-electron chi connectivity index (χ3n) is 3.88. The van der Waals surface area contributed by atoms with Crippen molar-refractivity contribution in [2.24, 2.45) is 5.92 Å². The van der Waals surface area contributed by atoms with Crippen LogP contribution in [-0.4, -0.2) is 19.2 Å². The van der Waals surface area contributed by atoms with Crippen LogP contribution in [0, 0.1) is 5.92 Å². The predicted octanol–water partition coefficient (Wildman–Crippen LogP) is 2.29. The number of benzene rings is 1. The van der Waals surface area contributed by atoms with E-state index in [0.717, 1.165) is 18.6 Å². The van der Waals surface area contributed by atoms with Crippen molar-refractivity contribution in [3.63, 3.8) is 0 Å². The van der Waals surface area contributed by atoms with Gasteiger partial charge in [-0.05, 0) is 25.8 Å². The van der Waals surface area contributed by atoms with Crippen LogP contribution in [-0.2, 0) is 14.9 Å². The van der Waals surface area contributed by atoms with Crippen LogP contribution < -0.4 is 4.74 Å². The van der Waals surface area contributed by atoms with Crippen molar-refractivity contribution in [3.05, 3.63) is 29.8 Å². The molecule has 1 saturated carbocycles. The average Bonchev–Trinajstić information content (AvgIpc) is 3.06. The van der Waals surface area contributed by atoms with Gasteiger partial charge in [-0.3, -0.25) is 4.79 Å². The third kappa shape index (κ3) is 1.53. The molecule has 1 unspecified atom stereocenters. The first-order chi connectivity index (χ1) is 8.28. The van der Waals surface area contributed by atoms with E-state index in [1.165, 1.54) is 5.56 Å². The highest BCUT2D eigenvalue weighted by atomic mass is 16.5. The molecule has 2 aliphatic rings. The molecule has 0 saturated heterocycles. The first-order valence-corrected chi connectivity index (χ1v) is 6.17. The first kappa shape index (κ1) is 10.6. The Morgan fingerprint density at radius 2 is 2.35 bits per heavy atom. The van der Waals surface area contributed by atoms with Gasteiger partial charge in [0.15, 0.2) is 0 Å². The van der Waals surface area contributed by atoms with E-state index in [-0.39, 0.29) is 17.3 Å². The molecule has 0 amide bonds. The Hall–Kier alpha value is -1.51. The molecule has 1 aromatic carbocycles. The number of hydrogen-bond donors (Lipinski definition) is 0. The molecule has 2 atom stereocenters. The highest BCUT2D eigenvalue weighted by Gasteiger charge is 2.61. The number of carbonyl (C=O) groups is 1. The molecule has 0 bridgehead atoms. The van der Waals surface area contributed by atoms with Crippen LogP contribution in [0.2, 0.25) is 0 Å². The van der Waals surface area contributed by atoms with Gasteiger partial charge in [0.2, 0.25) is 0 Å². The summed E-state index contributed by atoms with van der Waals surface area (Å²) in [5.74, 6) is 0.919. The van der Waals surface area contributed by atoms with Crippen LogP contribution >= 0.6 is 0 Å². The molecule has 1 aromatic rings. The largest absolute Gasteiger partial charge is 0.493 e. The van der Waals surface area contributed by atoms with Gasteiger partial charge < -0.3 is 9.47 Å². The van der Waals surface area contributed by atoms with Gasteiger partial charge in [0.05, 0.1) is 19.1 Å². The summed E-state index contributed by atoms with van der Waals surface area (Å²) in [6, 6.07) is 8.04. The van der Waals surface area contributed by atoms with Crippen LogP contribution in [0.5, 0.6) is 5.75 Å². The predicted molar refractivity (Wildman–Crippen MR) is 63.0 cm³/mol. The average molecular weight is 232 g/mol. The molecule has 0 radical (unpaired) electrons. The molecule has 1 fully saturated rings. The number of para-hydroxylation sites is 1. The third-order valence-corrected chi connectivity index (χ3v) is 3.88. The summed E-state index contributed by atoms with van der Waals surface area (Å²) >= 11 is 0. The number of esters is 1. The molecule has 3 nitrogen and oxygen atoms in total. The van der Waals surface area contributed by atoms with Crippen molar-refractivity contribution in [3.8, 4) is 5.75 Å². The minimum atomic E-state index is -0.0517. The van der Waals surface area contributed by atoms with Gasteiger partial charge in [-0.2, -0.15) is 0 Å². The molecule has 1 aliphatic carbocycles. The van der Waals surface area contributed by atoms with Gasteiger partial charge in [0, 0.05) is 11.0 Å². The van der Waals surface area contributed by atoms with E-state index in [0.29, 0.717) is 13.2 Å². The summed E-state index contributed by atoms with van der Waals surface area (Å²) in [6.45, 7) is 3.02. The highest BCUT2D eigenvalue weighted by molar-refractivity contribution is 5.79. The number of carbonyl (C=O) groups excluding carboxylic acids is 1. The van der Waals surface area contributed by atoms with Crippen molar-refractivity contribution in [1.82, 2.24) is 0 Å². The summed E-state index contributed by atoms with van der Waals surface area (Å²) in [4.78, 5) is 11.8. The lowest BCUT2D eigenvalue weighted by atomic mass is 9.87. The summed E-state index contributed by atoms with van der Waals surface area (Å²) in [7, 11) is 0. The quantitative estimate of drug-likeness (QED) is 0.734. The highest BCUT2D eigenvalue weighted by Crippen LogP contribution is 2.60. The SMILES string of the molecule is CCOC(=O)[C@@H]1CC12CCOc1ccccc12. The summed E-state index contributed by atoms with van der Waals surface area (Å²) in [5.41, 5.74) is 1.19. The maximum atomic E-state index is 11.8. The van der Waals surface area contributed by atoms with Crippen molar-refractivity contribution >= 4 is 5.97 Å². The van der Waals surface area contributed by atoms with E-state index >= 15 is 0 Å². The Labute approximate surface area is 101 Å². The summed E-state index contributed by atoms with van der Waals surface area (Å²) < 4.78 is 10.8. The molecule has 0 N–H and O–H groups in total. The normalized spacial score (nSPS) is 29.4. The first-order valence-electron chi connectivity index (χ1n) is 6.17. The smallest absolute Gasteiger partial charge is 0.309 e. The molecule has 1 aliphatic heterocycles. The zero-order valence-corrected chi connectivity index (χ0v) is 9.94. The fourth-order valence-electron chi connectivity index (χ4n) is 2.91. The number of hydrogen-bond acceptors (Lipinski definition) is 3. The van der Waals surface area contributed by atoms with E-state index in [9.17, 15) is 4.79 Å². The lowest BCUT2D eigenvalue weighted by molar-refractivity contribution is -0.145. The minimum Gasteiger partial charge on any atom is -0.493 e. The molecule has 3 heteroatoms. The molecule has 17 heavy (non-hydrogen) atoms. The van der Waals surface area contributed by atoms with Crippen molar-refractivity contribution < 1.29 is 14.3 Å². The number of fused-ring (bicyclic) bond motifs is 2. The molecular formula is C14H16O3. The Morgan fingerprint density at radius 1 is 1.53 bits per heavy atom. The standard InChI is InChI=1S/C14H16O3/c1-2-16-13(15)11-9-14(11)7-8-17-12-6-4-3-5-10(12)14/h3-6,11H,2,7-9H2,1H3/t11-,14?/m0/s1. The molecule has 3 rings (SSSR count). The minimum absolute atomic E-state index is 0.00109. The molecule has 0 aromatic heterocycles. The zero-order valence-electron chi connectivity index (χ0n) is 9.94. The monoisotopic (exact) mass is 232 g/mol. The van der Waals surface area contributed by atoms with E-state index in [2.05, 4.69) is 6.07 Å². The van der Waals surface area contributed by atoms with Gasteiger partial charge in [-0.25, -0.2) is 0 Å². The fraction of sp³-hybridized carbons (Fsp3) is 0.500. The second-order valence-corrected chi connectivity index (χ2v) is 4.76. The van der Waals surface area contributed by atoms with E-state index in [1.807, 2.05) is 25.1 Å². The maximum Gasteiger partial charge on any atom is 0.309 e. The Balaban J connectivity index is 1.90. The van der Waals surface area contributed by atoms with Crippen LogP contribution in [0.25, 0.3) is 0 Å². The Kier molecular flexibility index (Phi) is 2.35. The Morgan fingerprint density at radius 3 is 3.18 bits per heavy atom. The van der Waals surface area contributed by atoms with Crippen LogP contribution in [0.4, 0.5) is 0 Å². The fourth-order valence-corrected chi connectivity index (χ4v) is 2.91. The van der Waals surface area contributed by atoms with Crippen molar-refractivity contribution in [1.29, 1.82) is 0 Å². The number of ether oxygens (including phenoxy) is 2. The van der Waals surface area contributed by atoms with Gasteiger partial charge in [-0.15, -0.1) is 0 Å². The van der Waals surface area contributed by atoms with E-state index in [4.69, 9.17) is 9.47 Å². The molecule has 1 spiro atoms. The van der Waals surface area contributed by atoms with Gasteiger partial charge in [0.1, 0.15) is 5.75 Å². The lowest BCUT2D eigenvalue weighted by Gasteiger charge is -2.26. The lowest BCUT2D eigenvalue weighted by Crippen LogP contribution is -2.24. The molecular weight excluding hydrogens is 216 g/mol. The van der Waals surface area contributed by atoms with Crippen molar-refractivity contribution in [2.75, 3.05) is 13.2 Å². The summed E-state index contributed by atoms with van der Waals surface area (Å²) in [5, 5.41) is 0. The molecule has 90 valence electrons. The summed E-state index contributed by atoms with van der Waals surface area (Å²) in [6.07, 6.45) is 1.83. The second kappa shape index (κ2) is 3.76.